The van der Waals surface area contributed by atoms with Crippen molar-refractivity contribution in [3.05, 3.63) is 35.9 Å². The van der Waals surface area contributed by atoms with Crippen LogP contribution in [0.1, 0.15) is 45.1 Å². The molecular formula is C21H33N3O. The van der Waals surface area contributed by atoms with Gasteiger partial charge in [0.05, 0.1) is 0 Å². The lowest BCUT2D eigenvalue weighted by molar-refractivity contribution is -0.138. The van der Waals surface area contributed by atoms with E-state index >= 15 is 0 Å². The van der Waals surface area contributed by atoms with E-state index in [-0.39, 0.29) is 5.92 Å². The van der Waals surface area contributed by atoms with Crippen LogP contribution in [0, 0.1) is 5.92 Å². The van der Waals surface area contributed by atoms with E-state index in [0.29, 0.717) is 24.0 Å². The van der Waals surface area contributed by atoms with Crippen molar-refractivity contribution in [3.63, 3.8) is 0 Å². The Morgan fingerprint density at radius 2 is 1.96 bits per heavy atom. The van der Waals surface area contributed by atoms with Crippen LogP contribution in [0.4, 0.5) is 0 Å². The fourth-order valence-corrected chi connectivity index (χ4v) is 4.42. The van der Waals surface area contributed by atoms with Crippen LogP contribution in [0.25, 0.3) is 0 Å². The number of carbonyl (C=O) groups excluding carboxylic acids is 1. The molecule has 138 valence electrons. The first kappa shape index (κ1) is 18.4. The van der Waals surface area contributed by atoms with Crippen molar-refractivity contribution in [1.82, 2.24) is 15.1 Å². The third-order valence-corrected chi connectivity index (χ3v) is 6.08. The van der Waals surface area contributed by atoms with Gasteiger partial charge in [0, 0.05) is 44.2 Å². The normalized spacial score (nSPS) is 30.8. The molecule has 0 spiro atoms. The van der Waals surface area contributed by atoms with E-state index in [1.165, 1.54) is 5.56 Å². The molecule has 3 rings (SSSR count). The van der Waals surface area contributed by atoms with Crippen LogP contribution < -0.4 is 5.32 Å². The second kappa shape index (κ2) is 8.33. The number of likely N-dealkylation sites (tertiary alicyclic amines) is 1. The number of hydrogen-bond donors (Lipinski definition) is 1. The van der Waals surface area contributed by atoms with Gasteiger partial charge < -0.3 is 10.2 Å². The molecule has 2 fully saturated rings. The van der Waals surface area contributed by atoms with Crippen LogP contribution >= 0.6 is 0 Å². The van der Waals surface area contributed by atoms with Crippen molar-refractivity contribution in [2.75, 3.05) is 20.1 Å². The Bertz CT molecular complexity index is 562. The average Bonchev–Trinajstić information content (AvgIpc) is 2.63. The van der Waals surface area contributed by atoms with Crippen molar-refractivity contribution < 1.29 is 4.79 Å². The van der Waals surface area contributed by atoms with Crippen LogP contribution in [0.15, 0.2) is 30.3 Å². The van der Waals surface area contributed by atoms with Crippen molar-refractivity contribution in [3.8, 4) is 0 Å². The van der Waals surface area contributed by atoms with Gasteiger partial charge in [-0.05, 0) is 51.6 Å². The molecule has 4 atom stereocenters. The molecule has 0 bridgehead atoms. The highest BCUT2D eigenvalue weighted by Crippen LogP contribution is 2.26. The second-order valence-electron chi connectivity index (χ2n) is 8.01. The average molecular weight is 344 g/mol. The Hall–Kier alpha value is -1.39. The molecule has 0 aliphatic carbocycles. The van der Waals surface area contributed by atoms with E-state index in [1.807, 2.05) is 7.05 Å². The first-order valence-corrected chi connectivity index (χ1v) is 9.82. The van der Waals surface area contributed by atoms with Gasteiger partial charge in [-0.3, -0.25) is 9.69 Å². The molecule has 2 aliphatic rings. The van der Waals surface area contributed by atoms with Crippen LogP contribution in [0.2, 0.25) is 0 Å². The van der Waals surface area contributed by atoms with Crippen molar-refractivity contribution >= 4 is 5.91 Å². The maximum Gasteiger partial charge on any atom is 0.225 e. The fourth-order valence-electron chi connectivity index (χ4n) is 4.42. The minimum Gasteiger partial charge on any atom is -0.342 e. The molecule has 2 saturated heterocycles. The molecule has 0 radical (unpaired) electrons. The summed E-state index contributed by atoms with van der Waals surface area (Å²) < 4.78 is 0. The summed E-state index contributed by atoms with van der Waals surface area (Å²) in [5.41, 5.74) is 1.38. The summed E-state index contributed by atoms with van der Waals surface area (Å²) in [5, 5.41) is 3.44. The largest absolute Gasteiger partial charge is 0.342 e. The smallest absolute Gasteiger partial charge is 0.225 e. The van der Waals surface area contributed by atoms with E-state index in [9.17, 15) is 4.79 Å². The van der Waals surface area contributed by atoms with Gasteiger partial charge in [0.1, 0.15) is 0 Å². The lowest BCUT2D eigenvalue weighted by Gasteiger charge is -2.42. The number of nitrogens with one attached hydrogen (secondary N) is 1. The topological polar surface area (TPSA) is 35.6 Å². The van der Waals surface area contributed by atoms with Crippen molar-refractivity contribution in [2.24, 2.45) is 5.92 Å². The Kier molecular flexibility index (Phi) is 6.13. The Morgan fingerprint density at radius 3 is 2.64 bits per heavy atom. The number of amides is 1. The summed E-state index contributed by atoms with van der Waals surface area (Å²) in [6, 6.07) is 12.1. The second-order valence-corrected chi connectivity index (χ2v) is 8.01. The minimum atomic E-state index is 0.207. The van der Waals surface area contributed by atoms with Gasteiger partial charge in [-0.25, -0.2) is 0 Å². The molecule has 0 aromatic heterocycles. The third-order valence-electron chi connectivity index (χ3n) is 6.08. The molecule has 1 aromatic rings. The van der Waals surface area contributed by atoms with E-state index in [4.69, 9.17) is 0 Å². The zero-order chi connectivity index (χ0) is 17.8. The third kappa shape index (κ3) is 4.62. The summed E-state index contributed by atoms with van der Waals surface area (Å²) in [4.78, 5) is 17.5. The standard InChI is InChI=1S/C21H33N3O/c1-16-13-19(9-11-22-16)21(25)23(3)20-10-12-24(17(2)14-20)15-18-7-5-4-6-8-18/h4-8,16-17,19-20,22H,9-15H2,1-3H3/t16-,17?,19-,20?/m0/s1. The van der Waals surface area contributed by atoms with Gasteiger partial charge in [-0.2, -0.15) is 0 Å². The summed E-state index contributed by atoms with van der Waals surface area (Å²) in [6.07, 6.45) is 4.12. The van der Waals surface area contributed by atoms with Crippen LogP contribution in [0.3, 0.4) is 0 Å². The maximum absolute atomic E-state index is 12.9. The molecule has 4 heteroatoms. The molecule has 1 N–H and O–H groups in total. The minimum absolute atomic E-state index is 0.207. The van der Waals surface area contributed by atoms with Crippen LogP contribution in [-0.2, 0) is 11.3 Å². The molecule has 1 amide bonds. The monoisotopic (exact) mass is 343 g/mol. The van der Waals surface area contributed by atoms with Gasteiger partial charge in [0.15, 0.2) is 0 Å². The molecule has 0 saturated carbocycles. The Balaban J connectivity index is 1.54. The predicted molar refractivity (Wildman–Crippen MR) is 102 cm³/mol. The summed E-state index contributed by atoms with van der Waals surface area (Å²) >= 11 is 0. The SMILES string of the molecule is CC1CC(N(C)C(=O)[C@H]2CCN[C@@H](C)C2)CCN1Cc1ccccc1. The first-order valence-electron chi connectivity index (χ1n) is 9.82. The number of piperidine rings is 2. The molecule has 25 heavy (non-hydrogen) atoms. The molecule has 2 heterocycles. The summed E-state index contributed by atoms with van der Waals surface area (Å²) in [6.45, 7) is 7.54. The predicted octanol–water partition coefficient (Wildman–Crippen LogP) is 2.89. The van der Waals surface area contributed by atoms with Crippen LogP contribution in [-0.4, -0.2) is 54.0 Å². The van der Waals surface area contributed by atoms with Gasteiger partial charge in [-0.1, -0.05) is 30.3 Å². The number of nitrogens with zero attached hydrogens (tertiary/aromatic N) is 2. The number of benzene rings is 1. The zero-order valence-electron chi connectivity index (χ0n) is 15.9. The Morgan fingerprint density at radius 1 is 1.20 bits per heavy atom. The lowest BCUT2D eigenvalue weighted by atomic mass is 9.90. The number of carbonyl (C=O) groups is 1. The van der Waals surface area contributed by atoms with E-state index in [1.54, 1.807) is 0 Å². The number of hydrogen-bond acceptors (Lipinski definition) is 3. The highest BCUT2D eigenvalue weighted by Gasteiger charge is 2.33. The fraction of sp³-hybridized carbons (Fsp3) is 0.667. The lowest BCUT2D eigenvalue weighted by Crippen LogP contribution is -2.51. The highest BCUT2D eigenvalue weighted by molar-refractivity contribution is 5.79. The molecule has 2 unspecified atom stereocenters. The zero-order valence-corrected chi connectivity index (χ0v) is 15.9. The highest BCUT2D eigenvalue weighted by atomic mass is 16.2. The first-order chi connectivity index (χ1) is 12.0. The van der Waals surface area contributed by atoms with E-state index in [0.717, 1.165) is 45.3 Å². The van der Waals surface area contributed by atoms with Gasteiger partial charge in [-0.15, -0.1) is 0 Å². The van der Waals surface area contributed by atoms with Gasteiger partial charge >= 0.3 is 0 Å². The molecule has 1 aromatic carbocycles. The van der Waals surface area contributed by atoms with Crippen molar-refractivity contribution in [2.45, 2.75) is 64.2 Å². The van der Waals surface area contributed by atoms with Gasteiger partial charge in [0.2, 0.25) is 5.91 Å². The van der Waals surface area contributed by atoms with E-state index in [2.05, 4.69) is 59.3 Å². The molecular weight excluding hydrogens is 310 g/mol. The quantitative estimate of drug-likeness (QED) is 0.913. The summed E-state index contributed by atoms with van der Waals surface area (Å²) in [7, 11) is 2.03. The molecule has 4 nitrogen and oxygen atoms in total. The van der Waals surface area contributed by atoms with E-state index < -0.39 is 0 Å². The maximum atomic E-state index is 12.9. The van der Waals surface area contributed by atoms with Crippen molar-refractivity contribution in [1.29, 1.82) is 0 Å². The molecule has 2 aliphatic heterocycles. The summed E-state index contributed by atoms with van der Waals surface area (Å²) in [5.74, 6) is 0.570. The van der Waals surface area contributed by atoms with Crippen LogP contribution in [0.5, 0.6) is 0 Å². The van der Waals surface area contributed by atoms with Gasteiger partial charge in [0.25, 0.3) is 0 Å². The Labute approximate surface area is 152 Å². The number of rotatable bonds is 4.